The lowest BCUT2D eigenvalue weighted by Crippen LogP contribution is -2.36. The summed E-state index contributed by atoms with van der Waals surface area (Å²) in [4.78, 5) is 24.3. The van der Waals surface area contributed by atoms with Gasteiger partial charge in [0.15, 0.2) is 0 Å². The van der Waals surface area contributed by atoms with Gasteiger partial charge in [-0.25, -0.2) is 4.79 Å². The first-order valence-electron chi connectivity index (χ1n) is 7.00. The summed E-state index contributed by atoms with van der Waals surface area (Å²) >= 11 is 0. The average molecular weight is 292 g/mol. The molecule has 0 bridgehead atoms. The van der Waals surface area contributed by atoms with Crippen LogP contribution in [0.5, 0.6) is 0 Å². The summed E-state index contributed by atoms with van der Waals surface area (Å²) in [5.74, 6) is -1.12. The fourth-order valence-electron chi connectivity index (χ4n) is 2.22. The van der Waals surface area contributed by atoms with Crippen molar-refractivity contribution < 1.29 is 19.4 Å². The summed E-state index contributed by atoms with van der Waals surface area (Å²) in [7, 11) is 1.66. The highest BCUT2D eigenvalue weighted by Gasteiger charge is 2.17. The molecule has 1 amide bonds. The van der Waals surface area contributed by atoms with Gasteiger partial charge in [0.25, 0.3) is 5.91 Å². The second-order valence-electron chi connectivity index (χ2n) is 5.07. The molecule has 0 spiro atoms. The van der Waals surface area contributed by atoms with E-state index in [9.17, 15) is 9.59 Å². The molecule has 1 aromatic carbocycles. The lowest BCUT2D eigenvalue weighted by Gasteiger charge is -2.24. The fourth-order valence-corrected chi connectivity index (χ4v) is 2.22. The number of rotatable bonds is 5. The Kier molecular flexibility index (Phi) is 5.30. The van der Waals surface area contributed by atoms with Crippen LogP contribution in [-0.2, 0) is 9.53 Å². The highest BCUT2D eigenvalue weighted by atomic mass is 16.5. The molecule has 1 fully saturated rings. The number of aromatic carboxylic acids is 1. The Hall–Kier alpha value is -1.92. The average Bonchev–Trinajstić information content (AvgIpc) is 2.53. The molecule has 21 heavy (non-hydrogen) atoms. The van der Waals surface area contributed by atoms with E-state index >= 15 is 0 Å². The highest BCUT2D eigenvalue weighted by Crippen LogP contribution is 2.15. The van der Waals surface area contributed by atoms with Crippen molar-refractivity contribution in [3.63, 3.8) is 0 Å². The van der Waals surface area contributed by atoms with Crippen molar-refractivity contribution >= 4 is 17.6 Å². The van der Waals surface area contributed by atoms with E-state index in [1.807, 2.05) is 0 Å². The van der Waals surface area contributed by atoms with Gasteiger partial charge < -0.3 is 20.1 Å². The number of anilines is 1. The summed E-state index contributed by atoms with van der Waals surface area (Å²) in [6.07, 6.45) is 1.98. The molecule has 0 atom stereocenters. The summed E-state index contributed by atoms with van der Waals surface area (Å²) in [6.45, 7) is 1.89. The van der Waals surface area contributed by atoms with Gasteiger partial charge in [0.1, 0.15) is 6.61 Å². The summed E-state index contributed by atoms with van der Waals surface area (Å²) in [5, 5.41) is 12.1. The topological polar surface area (TPSA) is 78.9 Å². The second kappa shape index (κ2) is 7.19. The number of carbonyl (C=O) groups is 2. The van der Waals surface area contributed by atoms with Crippen LogP contribution in [-0.4, -0.2) is 49.8 Å². The maximum absolute atomic E-state index is 12.1. The van der Waals surface area contributed by atoms with Crippen LogP contribution in [0.4, 0.5) is 5.69 Å². The monoisotopic (exact) mass is 292 g/mol. The van der Waals surface area contributed by atoms with Crippen molar-refractivity contribution in [1.29, 1.82) is 0 Å². The number of carbonyl (C=O) groups excluding carboxylic acids is 1. The van der Waals surface area contributed by atoms with Gasteiger partial charge in [0.2, 0.25) is 0 Å². The van der Waals surface area contributed by atoms with Crippen LogP contribution in [0.15, 0.2) is 24.3 Å². The third kappa shape index (κ3) is 4.27. The number of amides is 1. The van der Waals surface area contributed by atoms with Crippen molar-refractivity contribution in [3.05, 3.63) is 29.8 Å². The molecule has 114 valence electrons. The van der Waals surface area contributed by atoms with Crippen LogP contribution in [0.25, 0.3) is 0 Å². The Morgan fingerprint density at radius 3 is 2.48 bits per heavy atom. The number of carboxylic acid groups (broad SMARTS) is 1. The standard InChI is InChI=1S/C15H20N2O4/c1-17(12-4-2-11(3-5-12)15(19)20)14(18)10-21-13-6-8-16-9-7-13/h2-5,13,16H,6-10H2,1H3,(H,19,20). The van der Waals surface area contributed by atoms with Crippen molar-refractivity contribution in [3.8, 4) is 0 Å². The summed E-state index contributed by atoms with van der Waals surface area (Å²) < 4.78 is 5.62. The van der Waals surface area contributed by atoms with Crippen molar-refractivity contribution in [1.82, 2.24) is 5.32 Å². The Bertz CT molecular complexity index is 495. The number of hydrogen-bond acceptors (Lipinski definition) is 4. The molecule has 1 saturated heterocycles. The molecule has 2 N–H and O–H groups in total. The number of carboxylic acids is 1. The van der Waals surface area contributed by atoms with E-state index < -0.39 is 5.97 Å². The minimum Gasteiger partial charge on any atom is -0.478 e. The predicted molar refractivity (Wildman–Crippen MR) is 78.7 cm³/mol. The van der Waals surface area contributed by atoms with Crippen LogP contribution in [0.1, 0.15) is 23.2 Å². The summed E-state index contributed by atoms with van der Waals surface area (Å²) in [5.41, 5.74) is 0.851. The molecule has 1 heterocycles. The third-order valence-electron chi connectivity index (χ3n) is 3.60. The first-order valence-corrected chi connectivity index (χ1v) is 7.00. The molecular formula is C15H20N2O4. The largest absolute Gasteiger partial charge is 0.478 e. The quantitative estimate of drug-likeness (QED) is 0.850. The number of nitrogens with zero attached hydrogens (tertiary/aromatic N) is 1. The molecule has 6 nitrogen and oxygen atoms in total. The Labute approximate surface area is 123 Å². The van der Waals surface area contributed by atoms with Gasteiger partial charge in [0.05, 0.1) is 11.7 Å². The lowest BCUT2D eigenvalue weighted by molar-refractivity contribution is -0.125. The minimum absolute atomic E-state index is 0.0435. The predicted octanol–water partition coefficient (Wildman–Crippen LogP) is 1.12. The molecular weight excluding hydrogens is 272 g/mol. The third-order valence-corrected chi connectivity index (χ3v) is 3.60. The second-order valence-corrected chi connectivity index (χ2v) is 5.07. The van der Waals surface area contributed by atoms with E-state index in [1.54, 1.807) is 19.2 Å². The van der Waals surface area contributed by atoms with Crippen molar-refractivity contribution in [2.24, 2.45) is 0 Å². The molecule has 0 saturated carbocycles. The number of likely N-dealkylation sites (N-methyl/N-ethyl adjacent to an activating group) is 1. The van der Waals surface area contributed by atoms with E-state index in [1.165, 1.54) is 17.0 Å². The minimum atomic E-state index is -0.982. The van der Waals surface area contributed by atoms with E-state index in [0.717, 1.165) is 25.9 Å². The van der Waals surface area contributed by atoms with Crippen LogP contribution < -0.4 is 10.2 Å². The molecule has 6 heteroatoms. The van der Waals surface area contributed by atoms with Gasteiger partial charge in [-0.05, 0) is 50.2 Å². The first kappa shape index (κ1) is 15.5. The van der Waals surface area contributed by atoms with E-state index in [2.05, 4.69) is 5.32 Å². The number of piperidine rings is 1. The van der Waals surface area contributed by atoms with Crippen LogP contribution in [0.3, 0.4) is 0 Å². The van der Waals surface area contributed by atoms with E-state index in [4.69, 9.17) is 9.84 Å². The zero-order chi connectivity index (χ0) is 15.2. The number of benzene rings is 1. The molecule has 1 aromatic rings. The Morgan fingerprint density at radius 1 is 1.29 bits per heavy atom. The van der Waals surface area contributed by atoms with E-state index in [0.29, 0.717) is 5.69 Å². The summed E-state index contributed by atoms with van der Waals surface area (Å²) in [6, 6.07) is 6.20. The molecule has 2 rings (SSSR count). The normalized spacial score (nSPS) is 15.7. The maximum Gasteiger partial charge on any atom is 0.335 e. The smallest absolute Gasteiger partial charge is 0.335 e. The van der Waals surface area contributed by atoms with Gasteiger partial charge in [-0.1, -0.05) is 0 Å². The molecule has 0 aromatic heterocycles. The Morgan fingerprint density at radius 2 is 1.90 bits per heavy atom. The van der Waals surface area contributed by atoms with Gasteiger partial charge in [-0.15, -0.1) is 0 Å². The zero-order valence-electron chi connectivity index (χ0n) is 12.0. The molecule has 1 aliphatic heterocycles. The van der Waals surface area contributed by atoms with Gasteiger partial charge in [-0.2, -0.15) is 0 Å². The molecule has 1 aliphatic rings. The molecule has 0 aliphatic carbocycles. The molecule has 0 radical (unpaired) electrons. The molecule has 0 unspecified atom stereocenters. The Balaban J connectivity index is 1.87. The highest BCUT2D eigenvalue weighted by molar-refractivity contribution is 5.94. The van der Waals surface area contributed by atoms with Crippen LogP contribution in [0, 0.1) is 0 Å². The lowest BCUT2D eigenvalue weighted by atomic mass is 10.1. The first-order chi connectivity index (χ1) is 10.1. The van der Waals surface area contributed by atoms with Crippen LogP contribution in [0.2, 0.25) is 0 Å². The zero-order valence-corrected chi connectivity index (χ0v) is 12.0. The fraction of sp³-hybridized carbons (Fsp3) is 0.467. The van der Waals surface area contributed by atoms with Crippen LogP contribution >= 0.6 is 0 Å². The van der Waals surface area contributed by atoms with Gasteiger partial charge in [0, 0.05) is 12.7 Å². The maximum atomic E-state index is 12.1. The number of nitrogens with one attached hydrogen (secondary N) is 1. The van der Waals surface area contributed by atoms with Gasteiger partial charge in [-0.3, -0.25) is 4.79 Å². The number of hydrogen-bond donors (Lipinski definition) is 2. The van der Waals surface area contributed by atoms with Gasteiger partial charge >= 0.3 is 5.97 Å². The van der Waals surface area contributed by atoms with Crippen molar-refractivity contribution in [2.75, 3.05) is 31.6 Å². The SMILES string of the molecule is CN(C(=O)COC1CCNCC1)c1ccc(C(=O)O)cc1. The number of ether oxygens (including phenoxy) is 1. The van der Waals surface area contributed by atoms with Crippen molar-refractivity contribution in [2.45, 2.75) is 18.9 Å². The van der Waals surface area contributed by atoms with E-state index in [-0.39, 0.29) is 24.2 Å².